The molecule has 0 aromatic carbocycles. The predicted octanol–water partition coefficient (Wildman–Crippen LogP) is 3.20. The molecule has 1 atom stereocenters. The van der Waals surface area contributed by atoms with E-state index in [2.05, 4.69) is 0 Å². The summed E-state index contributed by atoms with van der Waals surface area (Å²) >= 11 is 0. The van der Waals surface area contributed by atoms with Gasteiger partial charge in [-0.05, 0) is 65.5 Å². The zero-order valence-corrected chi connectivity index (χ0v) is 16.2. The summed E-state index contributed by atoms with van der Waals surface area (Å²) in [5.74, 6) is -0.411. The molecule has 2 fully saturated rings. The second-order valence-corrected chi connectivity index (χ2v) is 8.30. The number of hydrogen-bond acceptors (Lipinski definition) is 5. The van der Waals surface area contributed by atoms with Crippen LogP contribution in [0.1, 0.15) is 46.5 Å². The number of esters is 1. The van der Waals surface area contributed by atoms with Crippen LogP contribution in [0.3, 0.4) is 0 Å². The highest BCUT2D eigenvalue weighted by atomic mass is 19.4. The average Bonchev–Trinajstić information content (AvgIpc) is 3.00. The zero-order valence-electron chi connectivity index (χ0n) is 16.2. The number of rotatable bonds is 4. The first-order valence-corrected chi connectivity index (χ1v) is 9.40. The van der Waals surface area contributed by atoms with Crippen molar-refractivity contribution in [1.29, 1.82) is 0 Å². The SMILES string of the molecule is CC(C)(C)OC(=O)N1CCCC1C(=O)OCC1CCN(CC(F)(F)F)CC1. The standard InChI is InChI=1S/C18H29F3N2O4/c1-17(2,3)27-16(25)23-8-4-5-14(23)15(24)26-11-13-6-9-22(10-7-13)12-18(19,20)21/h13-14H,4-12H2,1-3H3. The molecule has 27 heavy (non-hydrogen) atoms. The second-order valence-electron chi connectivity index (χ2n) is 8.30. The van der Waals surface area contributed by atoms with Crippen LogP contribution in [0.25, 0.3) is 0 Å². The highest BCUT2D eigenvalue weighted by Gasteiger charge is 2.38. The number of amides is 1. The van der Waals surface area contributed by atoms with Gasteiger partial charge in [0.15, 0.2) is 0 Å². The number of piperidine rings is 1. The first kappa shape index (κ1) is 21.8. The van der Waals surface area contributed by atoms with Crippen LogP contribution in [0.5, 0.6) is 0 Å². The molecular formula is C18H29F3N2O4. The van der Waals surface area contributed by atoms with Crippen molar-refractivity contribution in [2.75, 3.05) is 32.8 Å². The number of halogens is 3. The Bertz CT molecular complexity index is 526. The molecule has 9 heteroatoms. The Hall–Kier alpha value is -1.51. The van der Waals surface area contributed by atoms with Crippen molar-refractivity contribution in [3.63, 3.8) is 0 Å². The lowest BCUT2D eigenvalue weighted by molar-refractivity contribution is -0.153. The molecule has 2 aliphatic rings. The van der Waals surface area contributed by atoms with Gasteiger partial charge in [-0.15, -0.1) is 0 Å². The Kier molecular flexibility index (Phi) is 6.99. The van der Waals surface area contributed by atoms with Crippen LogP contribution >= 0.6 is 0 Å². The molecule has 0 aliphatic carbocycles. The van der Waals surface area contributed by atoms with Gasteiger partial charge in [0.05, 0.1) is 13.2 Å². The lowest BCUT2D eigenvalue weighted by atomic mass is 9.98. The van der Waals surface area contributed by atoms with E-state index < -0.39 is 36.4 Å². The third kappa shape index (κ3) is 7.20. The summed E-state index contributed by atoms with van der Waals surface area (Å²) in [4.78, 5) is 27.4. The molecule has 6 nitrogen and oxygen atoms in total. The third-order valence-electron chi connectivity index (χ3n) is 4.72. The van der Waals surface area contributed by atoms with Crippen LogP contribution in [0.4, 0.5) is 18.0 Å². The van der Waals surface area contributed by atoms with E-state index in [0.717, 1.165) is 0 Å². The molecule has 2 saturated heterocycles. The molecule has 0 N–H and O–H groups in total. The summed E-state index contributed by atoms with van der Waals surface area (Å²) in [6.07, 6.45) is -2.36. The molecule has 0 saturated carbocycles. The Morgan fingerprint density at radius 2 is 1.67 bits per heavy atom. The van der Waals surface area contributed by atoms with Crippen molar-refractivity contribution in [2.24, 2.45) is 5.92 Å². The lowest BCUT2D eigenvalue weighted by Gasteiger charge is -2.32. The van der Waals surface area contributed by atoms with E-state index in [-0.39, 0.29) is 12.5 Å². The van der Waals surface area contributed by atoms with E-state index in [1.165, 1.54) is 9.80 Å². The van der Waals surface area contributed by atoms with E-state index in [0.29, 0.717) is 45.3 Å². The smallest absolute Gasteiger partial charge is 0.411 e. The van der Waals surface area contributed by atoms with Crippen molar-refractivity contribution in [2.45, 2.75) is 64.3 Å². The minimum absolute atomic E-state index is 0.0508. The monoisotopic (exact) mass is 394 g/mol. The lowest BCUT2D eigenvalue weighted by Crippen LogP contribution is -2.45. The quantitative estimate of drug-likeness (QED) is 0.686. The molecule has 1 amide bonds. The number of carbonyl (C=O) groups is 2. The first-order valence-electron chi connectivity index (χ1n) is 9.40. The Morgan fingerprint density at radius 3 is 2.22 bits per heavy atom. The largest absolute Gasteiger partial charge is 0.464 e. The average molecular weight is 394 g/mol. The number of hydrogen-bond donors (Lipinski definition) is 0. The van der Waals surface area contributed by atoms with Crippen LogP contribution in [0.15, 0.2) is 0 Å². The topological polar surface area (TPSA) is 59.1 Å². The van der Waals surface area contributed by atoms with Crippen molar-refractivity contribution in [1.82, 2.24) is 9.80 Å². The molecule has 1 unspecified atom stereocenters. The van der Waals surface area contributed by atoms with Gasteiger partial charge in [-0.3, -0.25) is 9.80 Å². The van der Waals surface area contributed by atoms with E-state index >= 15 is 0 Å². The van der Waals surface area contributed by atoms with Gasteiger partial charge in [0.1, 0.15) is 11.6 Å². The fraction of sp³-hybridized carbons (Fsp3) is 0.889. The highest BCUT2D eigenvalue weighted by Crippen LogP contribution is 2.25. The van der Waals surface area contributed by atoms with Gasteiger partial charge in [0, 0.05) is 6.54 Å². The number of carbonyl (C=O) groups excluding carboxylic acids is 2. The Labute approximate surface area is 157 Å². The molecule has 156 valence electrons. The fourth-order valence-corrected chi connectivity index (χ4v) is 3.41. The minimum atomic E-state index is -4.19. The molecule has 0 spiro atoms. The molecule has 0 bridgehead atoms. The maximum absolute atomic E-state index is 12.4. The predicted molar refractivity (Wildman–Crippen MR) is 92.1 cm³/mol. The van der Waals surface area contributed by atoms with E-state index in [1.54, 1.807) is 20.8 Å². The minimum Gasteiger partial charge on any atom is -0.464 e. The van der Waals surface area contributed by atoms with Gasteiger partial charge in [-0.2, -0.15) is 13.2 Å². The van der Waals surface area contributed by atoms with E-state index in [4.69, 9.17) is 9.47 Å². The molecule has 0 radical (unpaired) electrons. The first-order chi connectivity index (χ1) is 12.4. The van der Waals surface area contributed by atoms with Crippen LogP contribution in [-0.2, 0) is 14.3 Å². The van der Waals surface area contributed by atoms with Gasteiger partial charge in [0.25, 0.3) is 0 Å². The molecule has 2 aliphatic heterocycles. The molecule has 2 rings (SSSR count). The summed E-state index contributed by atoms with van der Waals surface area (Å²) in [6, 6.07) is -0.648. The summed E-state index contributed by atoms with van der Waals surface area (Å²) < 4.78 is 48.0. The maximum Gasteiger partial charge on any atom is 0.411 e. The third-order valence-corrected chi connectivity index (χ3v) is 4.72. The van der Waals surface area contributed by atoms with Crippen LogP contribution in [0.2, 0.25) is 0 Å². The number of alkyl halides is 3. The van der Waals surface area contributed by atoms with Crippen molar-refractivity contribution >= 4 is 12.1 Å². The maximum atomic E-state index is 12.4. The van der Waals surface area contributed by atoms with Crippen LogP contribution < -0.4 is 0 Å². The van der Waals surface area contributed by atoms with Gasteiger partial charge in [-0.1, -0.05) is 0 Å². The fourth-order valence-electron chi connectivity index (χ4n) is 3.41. The van der Waals surface area contributed by atoms with Crippen LogP contribution in [-0.4, -0.2) is 72.5 Å². The van der Waals surface area contributed by atoms with E-state index in [9.17, 15) is 22.8 Å². The van der Waals surface area contributed by atoms with Crippen molar-refractivity contribution in [3.8, 4) is 0 Å². The summed E-state index contributed by atoms with van der Waals surface area (Å²) in [5, 5.41) is 0. The van der Waals surface area contributed by atoms with Crippen LogP contribution in [0, 0.1) is 5.92 Å². The second kappa shape index (κ2) is 8.67. The van der Waals surface area contributed by atoms with E-state index in [1.807, 2.05) is 0 Å². The van der Waals surface area contributed by atoms with Gasteiger partial charge < -0.3 is 9.47 Å². The summed E-state index contributed by atoms with van der Waals surface area (Å²) in [6.45, 7) is 5.71. The molecule has 2 heterocycles. The summed E-state index contributed by atoms with van der Waals surface area (Å²) in [5.41, 5.74) is -0.640. The summed E-state index contributed by atoms with van der Waals surface area (Å²) in [7, 11) is 0. The zero-order chi connectivity index (χ0) is 20.2. The van der Waals surface area contributed by atoms with Gasteiger partial charge in [-0.25, -0.2) is 9.59 Å². The molecule has 0 aromatic heterocycles. The van der Waals surface area contributed by atoms with Gasteiger partial charge in [0.2, 0.25) is 0 Å². The number of likely N-dealkylation sites (tertiary alicyclic amines) is 2. The Balaban J connectivity index is 1.76. The van der Waals surface area contributed by atoms with Gasteiger partial charge >= 0.3 is 18.2 Å². The Morgan fingerprint density at radius 1 is 1.04 bits per heavy atom. The molecular weight excluding hydrogens is 365 g/mol. The number of nitrogens with zero attached hydrogens (tertiary/aromatic N) is 2. The van der Waals surface area contributed by atoms with Crippen molar-refractivity contribution < 1.29 is 32.2 Å². The molecule has 0 aromatic rings. The normalized spacial score (nSPS) is 22.7. The van der Waals surface area contributed by atoms with Crippen molar-refractivity contribution in [3.05, 3.63) is 0 Å². The highest BCUT2D eigenvalue weighted by molar-refractivity contribution is 5.82. The number of ether oxygens (including phenoxy) is 2.